The topological polar surface area (TPSA) is 78.2 Å². The zero-order chi connectivity index (χ0) is 19.2. The van der Waals surface area contributed by atoms with E-state index >= 15 is 0 Å². The van der Waals surface area contributed by atoms with Crippen LogP contribution in [0.15, 0.2) is 30.1 Å². The van der Waals surface area contributed by atoms with Gasteiger partial charge in [-0.25, -0.2) is 9.78 Å². The lowest BCUT2D eigenvalue weighted by Gasteiger charge is -2.33. The molecule has 0 aliphatic carbocycles. The number of carbonyl (C=O) groups excluding carboxylic acids is 1. The van der Waals surface area contributed by atoms with E-state index in [1.54, 1.807) is 30.0 Å². The first-order valence-electron chi connectivity index (χ1n) is 8.16. The summed E-state index contributed by atoms with van der Waals surface area (Å²) in [4.78, 5) is 17.5. The number of esters is 1. The van der Waals surface area contributed by atoms with Crippen molar-refractivity contribution in [2.45, 2.75) is 25.9 Å². The minimum absolute atomic E-state index is 0.0546. The van der Waals surface area contributed by atoms with Gasteiger partial charge in [0, 0.05) is 19.3 Å². The van der Waals surface area contributed by atoms with E-state index in [0.717, 1.165) is 0 Å². The Balaban J connectivity index is 1.95. The summed E-state index contributed by atoms with van der Waals surface area (Å²) >= 11 is 0. The molecule has 2 rings (SSSR count). The molecule has 1 aliphatic heterocycles. The fourth-order valence-corrected chi connectivity index (χ4v) is 2.60. The number of piperidine rings is 1. The number of anilines is 2. The summed E-state index contributed by atoms with van der Waals surface area (Å²) in [5, 5.41) is 11.7. The molecule has 2 heterocycles. The van der Waals surface area contributed by atoms with Crippen LogP contribution in [0.25, 0.3) is 0 Å². The van der Waals surface area contributed by atoms with Crippen LogP contribution >= 0.6 is 0 Å². The van der Waals surface area contributed by atoms with Crippen LogP contribution in [-0.2, 0) is 9.53 Å². The zero-order valence-corrected chi connectivity index (χ0v) is 14.2. The van der Waals surface area contributed by atoms with Crippen molar-refractivity contribution in [3.8, 4) is 6.07 Å². The molecule has 0 aromatic carbocycles. The Morgan fingerprint density at radius 2 is 2.15 bits per heavy atom. The Kier molecular flexibility index (Phi) is 6.44. The normalized spacial score (nSPS) is 16.1. The summed E-state index contributed by atoms with van der Waals surface area (Å²) in [5.74, 6) is -1.39. The van der Waals surface area contributed by atoms with Crippen LogP contribution in [0.2, 0.25) is 0 Å². The van der Waals surface area contributed by atoms with Gasteiger partial charge in [0.2, 0.25) is 0 Å². The van der Waals surface area contributed by atoms with Crippen molar-refractivity contribution in [3.63, 3.8) is 0 Å². The molecule has 0 bridgehead atoms. The molecule has 0 radical (unpaired) electrons. The highest BCUT2D eigenvalue weighted by Gasteiger charge is 2.41. The molecular weight excluding hydrogens is 349 g/mol. The number of alkyl halides is 3. The van der Waals surface area contributed by atoms with Gasteiger partial charge in [-0.3, -0.25) is 0 Å². The molecule has 9 heteroatoms. The molecule has 0 spiro atoms. The maximum absolute atomic E-state index is 12.7. The fraction of sp³-hybridized carbons (Fsp3) is 0.471. The van der Waals surface area contributed by atoms with Crippen molar-refractivity contribution in [1.82, 2.24) is 4.98 Å². The van der Waals surface area contributed by atoms with Crippen LogP contribution in [-0.4, -0.2) is 36.8 Å². The smallest absolute Gasteiger partial charge is 0.391 e. The van der Waals surface area contributed by atoms with Crippen LogP contribution in [0.4, 0.5) is 24.7 Å². The van der Waals surface area contributed by atoms with Crippen molar-refractivity contribution in [3.05, 3.63) is 30.1 Å². The van der Waals surface area contributed by atoms with Gasteiger partial charge < -0.3 is 15.0 Å². The van der Waals surface area contributed by atoms with Gasteiger partial charge in [0.25, 0.3) is 0 Å². The van der Waals surface area contributed by atoms with Crippen molar-refractivity contribution in [2.24, 2.45) is 5.92 Å². The number of carbonyl (C=O) groups is 1. The molecule has 1 aromatic heterocycles. The van der Waals surface area contributed by atoms with Crippen LogP contribution in [0.5, 0.6) is 0 Å². The summed E-state index contributed by atoms with van der Waals surface area (Å²) in [6, 6.07) is 5.10. The number of halogens is 3. The zero-order valence-electron chi connectivity index (χ0n) is 14.2. The summed E-state index contributed by atoms with van der Waals surface area (Å²) in [6.45, 7) is 2.40. The van der Waals surface area contributed by atoms with Gasteiger partial charge in [-0.2, -0.15) is 18.4 Å². The van der Waals surface area contributed by atoms with E-state index in [4.69, 9.17) is 10.00 Å². The number of ether oxygens (including phenoxy) is 1. The van der Waals surface area contributed by atoms with E-state index in [1.165, 1.54) is 12.4 Å². The molecule has 6 nitrogen and oxygen atoms in total. The molecule has 0 amide bonds. The van der Waals surface area contributed by atoms with Crippen LogP contribution in [0.1, 0.15) is 19.8 Å². The van der Waals surface area contributed by atoms with Crippen LogP contribution < -0.4 is 10.2 Å². The maximum Gasteiger partial charge on any atom is 0.391 e. The van der Waals surface area contributed by atoms with Gasteiger partial charge in [0.05, 0.1) is 24.4 Å². The Labute approximate surface area is 149 Å². The Morgan fingerprint density at radius 3 is 2.65 bits per heavy atom. The Hall–Kier alpha value is -2.76. The predicted molar refractivity (Wildman–Crippen MR) is 89.2 cm³/mol. The standard InChI is InChI=1S/C17H19F3N4O2/c1-2-26-16(25)12(9-21)10-22-14-3-4-15(23-11-14)24-7-5-13(6-8-24)17(18,19)20/h3-4,10-11,13,22H,2,5-8H2,1H3. The molecule has 0 saturated carbocycles. The van der Waals surface area contributed by atoms with E-state index in [2.05, 4.69) is 10.3 Å². The monoisotopic (exact) mass is 368 g/mol. The first-order valence-corrected chi connectivity index (χ1v) is 8.16. The number of hydrogen-bond donors (Lipinski definition) is 1. The summed E-state index contributed by atoms with van der Waals surface area (Å²) < 4.78 is 42.9. The minimum Gasteiger partial charge on any atom is -0.462 e. The molecule has 1 fully saturated rings. The molecular formula is C17H19F3N4O2. The molecule has 140 valence electrons. The second-order valence-corrected chi connectivity index (χ2v) is 5.74. The van der Waals surface area contributed by atoms with E-state index < -0.39 is 18.1 Å². The first-order chi connectivity index (χ1) is 12.3. The van der Waals surface area contributed by atoms with Crippen molar-refractivity contribution < 1.29 is 22.7 Å². The predicted octanol–water partition coefficient (Wildman–Crippen LogP) is 3.24. The van der Waals surface area contributed by atoms with Gasteiger partial charge in [-0.1, -0.05) is 0 Å². The highest BCUT2D eigenvalue weighted by Crippen LogP contribution is 2.35. The molecule has 26 heavy (non-hydrogen) atoms. The highest BCUT2D eigenvalue weighted by atomic mass is 19.4. The molecule has 1 saturated heterocycles. The summed E-state index contributed by atoms with van der Waals surface area (Å²) in [5.41, 5.74) is 0.362. The maximum atomic E-state index is 12.7. The van der Waals surface area contributed by atoms with Gasteiger partial charge >= 0.3 is 12.1 Å². The lowest BCUT2D eigenvalue weighted by atomic mass is 9.96. The quantitative estimate of drug-likeness (QED) is 0.488. The number of nitriles is 1. The van der Waals surface area contributed by atoms with Crippen LogP contribution in [0, 0.1) is 17.2 Å². The first kappa shape index (κ1) is 19.6. The summed E-state index contributed by atoms with van der Waals surface area (Å²) in [6.07, 6.45) is -1.32. The second-order valence-electron chi connectivity index (χ2n) is 5.74. The van der Waals surface area contributed by atoms with E-state index in [9.17, 15) is 18.0 Å². The number of pyridine rings is 1. The molecule has 0 unspecified atom stereocenters. The molecule has 1 aliphatic rings. The van der Waals surface area contributed by atoms with Crippen molar-refractivity contribution >= 4 is 17.5 Å². The lowest BCUT2D eigenvalue weighted by Crippen LogP contribution is -2.39. The number of hydrogen-bond acceptors (Lipinski definition) is 6. The number of nitrogens with zero attached hydrogens (tertiary/aromatic N) is 3. The Bertz CT molecular complexity index is 687. The van der Waals surface area contributed by atoms with E-state index in [-0.39, 0.29) is 25.0 Å². The molecule has 1 aromatic rings. The third-order valence-corrected chi connectivity index (χ3v) is 4.03. The third-order valence-electron chi connectivity index (χ3n) is 4.03. The highest BCUT2D eigenvalue weighted by molar-refractivity contribution is 5.93. The molecule has 0 atom stereocenters. The number of nitrogens with one attached hydrogen (secondary N) is 1. The second kappa shape index (κ2) is 8.56. The van der Waals surface area contributed by atoms with Crippen molar-refractivity contribution in [1.29, 1.82) is 5.26 Å². The average molecular weight is 368 g/mol. The van der Waals surface area contributed by atoms with Crippen molar-refractivity contribution in [2.75, 3.05) is 29.9 Å². The number of rotatable bonds is 5. The summed E-state index contributed by atoms with van der Waals surface area (Å²) in [7, 11) is 0. The molecule has 1 N–H and O–H groups in total. The number of aromatic nitrogens is 1. The van der Waals surface area contributed by atoms with E-state index in [1.807, 2.05) is 0 Å². The lowest BCUT2D eigenvalue weighted by molar-refractivity contribution is -0.179. The fourth-order valence-electron chi connectivity index (χ4n) is 2.60. The van der Waals surface area contributed by atoms with Gasteiger partial charge in [0.1, 0.15) is 11.9 Å². The van der Waals surface area contributed by atoms with Crippen LogP contribution in [0.3, 0.4) is 0 Å². The van der Waals surface area contributed by atoms with Gasteiger partial charge in [-0.05, 0) is 31.9 Å². The minimum atomic E-state index is -4.14. The van der Waals surface area contributed by atoms with Gasteiger partial charge in [-0.15, -0.1) is 0 Å². The SMILES string of the molecule is CCOC(=O)C(C#N)=CNc1ccc(N2CCC(C(F)(F)F)CC2)nc1. The van der Waals surface area contributed by atoms with Gasteiger partial charge in [0.15, 0.2) is 5.57 Å². The average Bonchev–Trinajstić information content (AvgIpc) is 2.62. The largest absolute Gasteiger partial charge is 0.462 e. The third kappa shape index (κ3) is 5.12. The van der Waals surface area contributed by atoms with E-state index in [0.29, 0.717) is 24.6 Å². The Morgan fingerprint density at radius 1 is 1.46 bits per heavy atom.